The average molecular weight is 506 g/mol. The van der Waals surface area contributed by atoms with Crippen LogP contribution < -0.4 is 5.46 Å². The van der Waals surface area contributed by atoms with E-state index in [0.29, 0.717) is 0 Å². The molecule has 0 bridgehead atoms. The second kappa shape index (κ2) is 8.81. The maximum atomic E-state index is 6.27. The highest BCUT2D eigenvalue weighted by molar-refractivity contribution is 6.62. The molecule has 0 aromatic heterocycles. The minimum atomic E-state index is -0.351. The van der Waals surface area contributed by atoms with Gasteiger partial charge in [0, 0.05) is 0 Å². The molecule has 0 aliphatic carbocycles. The lowest BCUT2D eigenvalue weighted by Gasteiger charge is -2.32. The van der Waals surface area contributed by atoms with Gasteiger partial charge in [-0.3, -0.25) is 0 Å². The fourth-order valence-corrected chi connectivity index (χ4v) is 5.64. The number of benzene rings is 6. The first-order valence-corrected chi connectivity index (χ1v) is 13.7. The molecule has 39 heavy (non-hydrogen) atoms. The Morgan fingerprint density at radius 3 is 1.74 bits per heavy atom. The first-order chi connectivity index (χ1) is 18.8. The van der Waals surface area contributed by atoms with E-state index < -0.39 is 0 Å². The molecule has 1 fully saturated rings. The van der Waals surface area contributed by atoms with E-state index in [1.807, 2.05) is 0 Å². The summed E-state index contributed by atoms with van der Waals surface area (Å²) in [5.74, 6) is 0. The highest BCUT2D eigenvalue weighted by Gasteiger charge is 2.51. The first-order valence-electron chi connectivity index (χ1n) is 13.7. The Bertz CT molecular complexity index is 1870. The van der Waals surface area contributed by atoms with Crippen LogP contribution in [-0.4, -0.2) is 18.3 Å². The second-order valence-corrected chi connectivity index (χ2v) is 11.7. The molecule has 6 aromatic carbocycles. The monoisotopic (exact) mass is 506 g/mol. The molecule has 1 heterocycles. The van der Waals surface area contributed by atoms with E-state index in [-0.39, 0.29) is 18.3 Å². The van der Waals surface area contributed by atoms with E-state index in [9.17, 15) is 0 Å². The van der Waals surface area contributed by atoms with E-state index in [2.05, 4.69) is 143 Å². The second-order valence-electron chi connectivity index (χ2n) is 11.7. The molecule has 1 aliphatic heterocycles. The van der Waals surface area contributed by atoms with Crippen molar-refractivity contribution in [2.24, 2.45) is 0 Å². The molecule has 0 unspecified atom stereocenters. The molecule has 0 saturated carbocycles. The Labute approximate surface area is 230 Å². The van der Waals surface area contributed by atoms with Crippen LogP contribution in [0.4, 0.5) is 0 Å². The Hall–Kier alpha value is -3.92. The molecule has 1 saturated heterocycles. The third-order valence-corrected chi connectivity index (χ3v) is 8.66. The molecule has 3 heteroatoms. The van der Waals surface area contributed by atoms with E-state index in [4.69, 9.17) is 9.31 Å². The third kappa shape index (κ3) is 4.14. The Kier molecular flexibility index (Phi) is 5.45. The number of fused-ring (bicyclic) bond motifs is 4. The summed E-state index contributed by atoms with van der Waals surface area (Å²) in [7, 11) is -0.351. The van der Waals surface area contributed by atoms with Gasteiger partial charge in [0.25, 0.3) is 0 Å². The summed E-state index contributed by atoms with van der Waals surface area (Å²) in [6.45, 7) is 8.37. The summed E-state index contributed by atoms with van der Waals surface area (Å²) in [5, 5.41) is 7.52. The number of hydrogen-bond donors (Lipinski definition) is 0. The van der Waals surface area contributed by atoms with Crippen LogP contribution in [0.15, 0.2) is 115 Å². The fraction of sp³-hybridized carbons (Fsp3) is 0.167. The van der Waals surface area contributed by atoms with E-state index in [1.165, 1.54) is 54.6 Å². The van der Waals surface area contributed by atoms with E-state index in [0.717, 1.165) is 5.46 Å². The maximum absolute atomic E-state index is 6.27. The van der Waals surface area contributed by atoms with Crippen LogP contribution in [0.2, 0.25) is 0 Å². The molecule has 0 N–H and O–H groups in total. The molecule has 7 rings (SSSR count). The smallest absolute Gasteiger partial charge is 0.399 e. The highest BCUT2D eigenvalue weighted by atomic mass is 16.7. The van der Waals surface area contributed by atoms with Crippen molar-refractivity contribution >= 4 is 44.9 Å². The van der Waals surface area contributed by atoms with E-state index >= 15 is 0 Å². The lowest BCUT2D eigenvalue weighted by molar-refractivity contribution is 0.00578. The zero-order valence-corrected chi connectivity index (χ0v) is 22.9. The molecule has 190 valence electrons. The van der Waals surface area contributed by atoms with Gasteiger partial charge >= 0.3 is 7.12 Å². The van der Waals surface area contributed by atoms with Gasteiger partial charge in [0.1, 0.15) is 0 Å². The molecule has 0 amide bonds. The van der Waals surface area contributed by atoms with Crippen LogP contribution in [0.25, 0.3) is 54.6 Å². The highest BCUT2D eigenvalue weighted by Crippen LogP contribution is 2.37. The lowest BCUT2D eigenvalue weighted by atomic mass is 9.78. The predicted octanol–water partition coefficient (Wildman–Crippen LogP) is 8.78. The van der Waals surface area contributed by atoms with Gasteiger partial charge in [-0.15, -0.1) is 0 Å². The van der Waals surface area contributed by atoms with Crippen LogP contribution in [0, 0.1) is 0 Å². The largest absolute Gasteiger partial charge is 0.494 e. The maximum Gasteiger partial charge on any atom is 0.494 e. The van der Waals surface area contributed by atoms with Crippen LogP contribution >= 0.6 is 0 Å². The summed E-state index contributed by atoms with van der Waals surface area (Å²) >= 11 is 0. The minimum absolute atomic E-state index is 0.347. The Morgan fingerprint density at radius 1 is 0.436 bits per heavy atom. The average Bonchev–Trinajstić information content (AvgIpc) is 3.18. The molecule has 2 nitrogen and oxygen atoms in total. The topological polar surface area (TPSA) is 18.5 Å². The summed E-state index contributed by atoms with van der Waals surface area (Å²) in [6.07, 6.45) is 0. The van der Waals surface area contributed by atoms with Gasteiger partial charge in [-0.05, 0) is 106 Å². The van der Waals surface area contributed by atoms with Crippen LogP contribution in [-0.2, 0) is 9.31 Å². The van der Waals surface area contributed by atoms with Crippen LogP contribution in [0.5, 0.6) is 0 Å². The lowest BCUT2D eigenvalue weighted by Crippen LogP contribution is -2.41. The van der Waals surface area contributed by atoms with Gasteiger partial charge in [0.05, 0.1) is 11.2 Å². The first kappa shape index (κ1) is 24.1. The summed E-state index contributed by atoms with van der Waals surface area (Å²) < 4.78 is 12.5. The van der Waals surface area contributed by atoms with Crippen molar-refractivity contribution in [2.75, 3.05) is 0 Å². The van der Waals surface area contributed by atoms with Crippen molar-refractivity contribution in [3.63, 3.8) is 0 Å². The summed E-state index contributed by atoms with van der Waals surface area (Å²) in [6, 6.07) is 41.9. The molecule has 6 aromatic rings. The predicted molar refractivity (Wildman–Crippen MR) is 166 cm³/mol. The normalized spacial score (nSPS) is 16.4. The third-order valence-electron chi connectivity index (χ3n) is 8.66. The molecular weight excluding hydrogens is 475 g/mol. The van der Waals surface area contributed by atoms with Gasteiger partial charge in [-0.25, -0.2) is 0 Å². The molecule has 0 spiro atoms. The zero-order chi connectivity index (χ0) is 26.8. The number of rotatable bonds is 3. The van der Waals surface area contributed by atoms with Crippen molar-refractivity contribution in [1.82, 2.24) is 0 Å². The minimum Gasteiger partial charge on any atom is -0.399 e. The van der Waals surface area contributed by atoms with Crippen molar-refractivity contribution in [1.29, 1.82) is 0 Å². The Balaban J connectivity index is 1.21. The number of hydrogen-bond acceptors (Lipinski definition) is 2. The molecule has 0 atom stereocenters. The van der Waals surface area contributed by atoms with Gasteiger partial charge in [0.2, 0.25) is 0 Å². The zero-order valence-electron chi connectivity index (χ0n) is 22.9. The van der Waals surface area contributed by atoms with Crippen molar-refractivity contribution in [3.05, 3.63) is 115 Å². The SMILES string of the molecule is CC1(C)OB(c2ccc3cc(-c4cccc(-c5ccc6c(ccc7ccccc76)c5)c4)ccc3c2)OC1(C)C. The summed E-state index contributed by atoms with van der Waals surface area (Å²) in [4.78, 5) is 0. The summed E-state index contributed by atoms with van der Waals surface area (Å²) in [5.41, 5.74) is 5.23. The van der Waals surface area contributed by atoms with Crippen LogP contribution in [0.3, 0.4) is 0 Å². The fourth-order valence-electron chi connectivity index (χ4n) is 5.64. The molecule has 1 aliphatic rings. The standard InChI is InChI=1S/C36H31BO2/c1-35(2)36(3,4)39-37(38-35)32-18-16-28-21-27(13-14-30(28)23-32)25-9-7-10-26(20-25)29-17-19-34-31(22-29)15-12-24-8-5-6-11-33(24)34/h5-23H,1-4H3. The van der Waals surface area contributed by atoms with Crippen molar-refractivity contribution in [2.45, 2.75) is 38.9 Å². The van der Waals surface area contributed by atoms with Gasteiger partial charge in [-0.2, -0.15) is 0 Å². The Morgan fingerprint density at radius 2 is 0.974 bits per heavy atom. The van der Waals surface area contributed by atoms with E-state index in [1.54, 1.807) is 0 Å². The molecular formula is C36H31BO2. The van der Waals surface area contributed by atoms with Crippen LogP contribution in [0.1, 0.15) is 27.7 Å². The van der Waals surface area contributed by atoms with Gasteiger partial charge in [-0.1, -0.05) is 97.1 Å². The van der Waals surface area contributed by atoms with Gasteiger partial charge < -0.3 is 9.31 Å². The van der Waals surface area contributed by atoms with Crippen molar-refractivity contribution < 1.29 is 9.31 Å². The molecule has 0 radical (unpaired) electrons. The van der Waals surface area contributed by atoms with Gasteiger partial charge in [0.15, 0.2) is 0 Å². The van der Waals surface area contributed by atoms with Crippen molar-refractivity contribution in [3.8, 4) is 22.3 Å². The quantitative estimate of drug-likeness (QED) is 0.176.